The molecule has 0 radical (unpaired) electrons. The maximum Gasteiger partial charge on any atom is 0.148 e. The molecule has 0 saturated heterocycles. The van der Waals surface area contributed by atoms with Gasteiger partial charge in [-0.25, -0.2) is 15.8 Å². The van der Waals surface area contributed by atoms with E-state index in [-0.39, 0.29) is 0 Å². The fourth-order valence-corrected chi connectivity index (χ4v) is 2.68. The van der Waals surface area contributed by atoms with Crippen molar-refractivity contribution in [3.05, 3.63) is 11.4 Å². The van der Waals surface area contributed by atoms with Gasteiger partial charge >= 0.3 is 0 Å². The summed E-state index contributed by atoms with van der Waals surface area (Å²) in [5, 5.41) is 0. The van der Waals surface area contributed by atoms with Gasteiger partial charge in [-0.2, -0.15) is 0 Å². The first kappa shape index (κ1) is 13.6. The maximum absolute atomic E-state index is 5.63. The first-order valence-corrected chi connectivity index (χ1v) is 7.83. The average molecular weight is 275 g/mol. The molecule has 1 heterocycles. The van der Waals surface area contributed by atoms with Crippen molar-refractivity contribution in [3.63, 3.8) is 0 Å². The molecular formula is C15H25N5. The summed E-state index contributed by atoms with van der Waals surface area (Å²) >= 11 is 0. The number of aryl methyl sites for hydroxylation is 1. The molecule has 110 valence electrons. The molecular weight excluding hydrogens is 250 g/mol. The minimum absolute atomic E-state index is 0.685. The van der Waals surface area contributed by atoms with Gasteiger partial charge in [-0.05, 0) is 44.9 Å². The molecule has 0 spiro atoms. The van der Waals surface area contributed by atoms with Gasteiger partial charge < -0.3 is 10.3 Å². The van der Waals surface area contributed by atoms with E-state index in [9.17, 15) is 0 Å². The number of aromatic nitrogens is 2. The van der Waals surface area contributed by atoms with E-state index in [0.717, 1.165) is 48.3 Å². The lowest BCUT2D eigenvalue weighted by molar-refractivity contribution is 0.698. The maximum atomic E-state index is 5.63. The van der Waals surface area contributed by atoms with Crippen molar-refractivity contribution in [1.82, 2.24) is 9.97 Å². The number of hydrogen-bond donors (Lipinski definition) is 2. The molecule has 3 N–H and O–H groups in total. The van der Waals surface area contributed by atoms with Crippen LogP contribution in [0.4, 0.5) is 11.6 Å². The Bertz CT molecular complexity index is 479. The lowest BCUT2D eigenvalue weighted by atomic mass is 10.2. The van der Waals surface area contributed by atoms with Crippen molar-refractivity contribution in [2.24, 2.45) is 11.8 Å². The number of hydrogen-bond acceptors (Lipinski definition) is 5. The number of nitrogen functional groups attached to an aromatic ring is 1. The molecule has 5 heteroatoms. The molecule has 1 aromatic rings. The fraction of sp³-hybridized carbons (Fsp3) is 0.733. The summed E-state index contributed by atoms with van der Waals surface area (Å²) in [6.07, 6.45) is 7.30. The predicted octanol–water partition coefficient (Wildman–Crippen LogP) is 2.40. The minimum Gasteiger partial charge on any atom is -0.353 e. The standard InChI is InChI=1S/C15H25N5/c1-3-4-13-17-14(19-16)10(2)15(18-13)20(12-7-8-12)9-11-5-6-11/h11-12H,3-9,16H2,1-2H3,(H,17,18,19). The molecule has 2 saturated carbocycles. The second kappa shape index (κ2) is 5.56. The van der Waals surface area contributed by atoms with Gasteiger partial charge in [0.25, 0.3) is 0 Å². The fourth-order valence-electron chi connectivity index (χ4n) is 2.68. The molecule has 0 aromatic carbocycles. The number of nitrogens with two attached hydrogens (primary N) is 1. The molecule has 0 bridgehead atoms. The molecule has 2 fully saturated rings. The summed E-state index contributed by atoms with van der Waals surface area (Å²) in [6, 6.07) is 0.685. The van der Waals surface area contributed by atoms with Crippen molar-refractivity contribution in [1.29, 1.82) is 0 Å². The van der Waals surface area contributed by atoms with Crippen LogP contribution >= 0.6 is 0 Å². The topological polar surface area (TPSA) is 67.1 Å². The third kappa shape index (κ3) is 2.87. The molecule has 3 rings (SSSR count). The summed E-state index contributed by atoms with van der Waals surface area (Å²) in [5.74, 6) is 9.29. The van der Waals surface area contributed by atoms with Crippen molar-refractivity contribution >= 4 is 11.6 Å². The van der Waals surface area contributed by atoms with E-state index in [1.54, 1.807) is 0 Å². The Morgan fingerprint density at radius 1 is 1.25 bits per heavy atom. The highest BCUT2D eigenvalue weighted by Crippen LogP contribution is 2.38. The Balaban J connectivity index is 1.93. The molecule has 20 heavy (non-hydrogen) atoms. The van der Waals surface area contributed by atoms with Gasteiger partial charge in [0.05, 0.1) is 0 Å². The number of anilines is 2. The second-order valence-electron chi connectivity index (χ2n) is 6.16. The van der Waals surface area contributed by atoms with Crippen LogP contribution in [0, 0.1) is 12.8 Å². The van der Waals surface area contributed by atoms with E-state index in [0.29, 0.717) is 6.04 Å². The van der Waals surface area contributed by atoms with Crippen molar-refractivity contribution < 1.29 is 0 Å². The van der Waals surface area contributed by atoms with Gasteiger partial charge in [0.2, 0.25) is 0 Å². The zero-order valence-electron chi connectivity index (χ0n) is 12.5. The lowest BCUT2D eigenvalue weighted by Crippen LogP contribution is -2.30. The van der Waals surface area contributed by atoms with E-state index in [1.807, 2.05) is 0 Å². The SMILES string of the molecule is CCCc1nc(NN)c(C)c(N(CC2CC2)C2CC2)n1. The average Bonchev–Trinajstić information content (AvgIpc) is 3.31. The van der Waals surface area contributed by atoms with Gasteiger partial charge in [-0.1, -0.05) is 6.92 Å². The van der Waals surface area contributed by atoms with E-state index in [1.165, 1.54) is 25.7 Å². The largest absolute Gasteiger partial charge is 0.353 e. The van der Waals surface area contributed by atoms with Crippen LogP contribution in [0.5, 0.6) is 0 Å². The third-order valence-electron chi connectivity index (χ3n) is 4.19. The Labute approximate surface area is 120 Å². The number of hydrazine groups is 1. The van der Waals surface area contributed by atoms with Gasteiger partial charge in [-0.15, -0.1) is 0 Å². The summed E-state index contributed by atoms with van der Waals surface area (Å²) in [4.78, 5) is 11.9. The van der Waals surface area contributed by atoms with Gasteiger partial charge in [0.1, 0.15) is 17.5 Å². The van der Waals surface area contributed by atoms with Crippen molar-refractivity contribution in [2.75, 3.05) is 16.9 Å². The van der Waals surface area contributed by atoms with Crippen molar-refractivity contribution in [3.8, 4) is 0 Å². The number of nitrogens with zero attached hydrogens (tertiary/aromatic N) is 3. The third-order valence-corrected chi connectivity index (χ3v) is 4.19. The number of rotatable bonds is 7. The van der Waals surface area contributed by atoms with Crippen LogP contribution in [0.3, 0.4) is 0 Å². The van der Waals surface area contributed by atoms with Crippen LogP contribution < -0.4 is 16.2 Å². The van der Waals surface area contributed by atoms with E-state index in [4.69, 9.17) is 10.8 Å². The first-order chi connectivity index (χ1) is 9.72. The van der Waals surface area contributed by atoms with Crippen LogP contribution in [0.25, 0.3) is 0 Å². The second-order valence-corrected chi connectivity index (χ2v) is 6.16. The Kier molecular flexibility index (Phi) is 3.78. The van der Waals surface area contributed by atoms with Crippen LogP contribution in [0.1, 0.15) is 50.4 Å². The molecule has 0 aliphatic heterocycles. The molecule has 2 aliphatic rings. The highest BCUT2D eigenvalue weighted by atomic mass is 15.3. The van der Waals surface area contributed by atoms with E-state index < -0.39 is 0 Å². The Morgan fingerprint density at radius 3 is 2.55 bits per heavy atom. The van der Waals surface area contributed by atoms with Crippen LogP contribution in [0.2, 0.25) is 0 Å². The number of nitrogens with one attached hydrogen (secondary N) is 1. The first-order valence-electron chi connectivity index (χ1n) is 7.83. The van der Waals surface area contributed by atoms with Crippen LogP contribution in [-0.2, 0) is 6.42 Å². The van der Waals surface area contributed by atoms with Crippen LogP contribution in [-0.4, -0.2) is 22.6 Å². The van der Waals surface area contributed by atoms with Crippen molar-refractivity contribution in [2.45, 2.75) is 58.4 Å². The smallest absolute Gasteiger partial charge is 0.148 e. The molecule has 0 unspecified atom stereocenters. The molecule has 0 atom stereocenters. The quantitative estimate of drug-likeness (QED) is 0.591. The summed E-state index contributed by atoms with van der Waals surface area (Å²) in [6.45, 7) is 5.38. The Morgan fingerprint density at radius 2 is 2.00 bits per heavy atom. The van der Waals surface area contributed by atoms with Crippen LogP contribution in [0.15, 0.2) is 0 Å². The predicted molar refractivity (Wildman–Crippen MR) is 81.7 cm³/mol. The molecule has 0 amide bonds. The Hall–Kier alpha value is -1.36. The molecule has 2 aliphatic carbocycles. The molecule has 5 nitrogen and oxygen atoms in total. The summed E-state index contributed by atoms with van der Waals surface area (Å²) in [5.41, 5.74) is 3.82. The highest BCUT2D eigenvalue weighted by molar-refractivity contribution is 5.59. The minimum atomic E-state index is 0.685. The van der Waals surface area contributed by atoms with Gasteiger partial charge in [0.15, 0.2) is 0 Å². The summed E-state index contributed by atoms with van der Waals surface area (Å²) in [7, 11) is 0. The zero-order chi connectivity index (χ0) is 14.1. The van der Waals surface area contributed by atoms with Gasteiger partial charge in [0, 0.05) is 24.6 Å². The van der Waals surface area contributed by atoms with Gasteiger partial charge in [-0.3, -0.25) is 0 Å². The normalized spacial score (nSPS) is 18.1. The van der Waals surface area contributed by atoms with E-state index >= 15 is 0 Å². The summed E-state index contributed by atoms with van der Waals surface area (Å²) < 4.78 is 0. The lowest BCUT2D eigenvalue weighted by Gasteiger charge is -2.26. The highest BCUT2D eigenvalue weighted by Gasteiger charge is 2.35. The molecule has 1 aromatic heterocycles. The zero-order valence-corrected chi connectivity index (χ0v) is 12.5. The monoisotopic (exact) mass is 275 g/mol. The van der Waals surface area contributed by atoms with E-state index in [2.05, 4.69) is 29.2 Å².